The molecule has 3 heterocycles. The van der Waals surface area contributed by atoms with Crippen LogP contribution in [0.3, 0.4) is 0 Å². The second-order valence-corrected chi connectivity index (χ2v) is 8.73. The largest absolute Gasteiger partial charge is 0.497 e. The number of ether oxygens (including phenoxy) is 1. The van der Waals surface area contributed by atoms with E-state index in [0.29, 0.717) is 5.11 Å². The summed E-state index contributed by atoms with van der Waals surface area (Å²) in [6.45, 7) is 0. The number of benzene rings is 2. The monoisotopic (exact) mass is 459 g/mol. The van der Waals surface area contributed by atoms with Gasteiger partial charge >= 0.3 is 0 Å². The maximum Gasteiger partial charge on any atom is 0.174 e. The predicted octanol–water partition coefficient (Wildman–Crippen LogP) is 6.01. The number of aromatic nitrogens is 1. The number of methoxy groups -OCH3 is 1. The van der Waals surface area contributed by atoms with Gasteiger partial charge in [0.25, 0.3) is 0 Å². The number of thiocarbonyl (C=S) groups is 1. The zero-order valence-electron chi connectivity index (χ0n) is 17.3. The fourth-order valence-corrected chi connectivity index (χ4v) is 4.96. The van der Waals surface area contributed by atoms with Crippen LogP contribution in [-0.2, 0) is 0 Å². The Morgan fingerprint density at radius 2 is 1.75 bits per heavy atom. The van der Waals surface area contributed by atoms with Gasteiger partial charge in [-0.3, -0.25) is 4.98 Å². The van der Waals surface area contributed by atoms with Gasteiger partial charge in [0.15, 0.2) is 10.2 Å². The molecule has 0 amide bonds. The summed E-state index contributed by atoms with van der Waals surface area (Å²) in [5.41, 5.74) is 1.87. The van der Waals surface area contributed by atoms with Crippen LogP contribution >= 0.6 is 24.0 Å². The van der Waals surface area contributed by atoms with Crippen LogP contribution in [0.4, 0.5) is 5.69 Å². The van der Waals surface area contributed by atoms with Crippen molar-refractivity contribution in [1.82, 2.24) is 10.3 Å². The summed E-state index contributed by atoms with van der Waals surface area (Å²) in [5, 5.41) is 4.91. The van der Waals surface area contributed by atoms with E-state index in [1.165, 1.54) is 0 Å². The van der Waals surface area contributed by atoms with Crippen LogP contribution in [0.25, 0.3) is 0 Å². The number of hydrogen-bond donors (Lipinski definition) is 1. The first-order chi connectivity index (χ1) is 15.7. The Bertz CT molecular complexity index is 1200. The van der Waals surface area contributed by atoms with Crippen molar-refractivity contribution in [2.45, 2.75) is 22.1 Å². The molecule has 1 N–H and O–H groups in total. The lowest BCUT2D eigenvalue weighted by molar-refractivity contribution is 0.383. The van der Waals surface area contributed by atoms with Crippen molar-refractivity contribution in [3.05, 3.63) is 103 Å². The molecule has 0 unspecified atom stereocenters. The zero-order chi connectivity index (χ0) is 21.9. The quantitative estimate of drug-likeness (QED) is 0.354. The second kappa shape index (κ2) is 9.06. The van der Waals surface area contributed by atoms with Crippen molar-refractivity contribution in [2.75, 3.05) is 12.0 Å². The molecule has 0 radical (unpaired) electrons. The first kappa shape index (κ1) is 20.6. The van der Waals surface area contributed by atoms with Crippen molar-refractivity contribution >= 4 is 34.8 Å². The van der Waals surface area contributed by atoms with E-state index in [1.54, 1.807) is 25.1 Å². The summed E-state index contributed by atoms with van der Waals surface area (Å²) in [7, 11) is 1.66. The van der Waals surface area contributed by atoms with Crippen LogP contribution in [0.15, 0.2) is 106 Å². The van der Waals surface area contributed by atoms with Gasteiger partial charge in [-0.2, -0.15) is 0 Å². The highest BCUT2D eigenvalue weighted by Gasteiger charge is 2.42. The third kappa shape index (κ3) is 4.09. The van der Waals surface area contributed by atoms with Gasteiger partial charge in [-0.15, -0.1) is 0 Å². The smallest absolute Gasteiger partial charge is 0.174 e. The van der Waals surface area contributed by atoms with Crippen LogP contribution in [0.2, 0.25) is 0 Å². The van der Waals surface area contributed by atoms with Crippen molar-refractivity contribution in [3.63, 3.8) is 0 Å². The minimum absolute atomic E-state index is 0.147. The highest BCUT2D eigenvalue weighted by atomic mass is 32.2. The molecule has 1 saturated heterocycles. The minimum Gasteiger partial charge on any atom is -0.497 e. The lowest BCUT2D eigenvalue weighted by Crippen LogP contribution is -2.29. The molecule has 0 bridgehead atoms. The van der Waals surface area contributed by atoms with Gasteiger partial charge in [-0.1, -0.05) is 36.0 Å². The van der Waals surface area contributed by atoms with Crippen molar-refractivity contribution in [3.8, 4) is 5.75 Å². The van der Waals surface area contributed by atoms with E-state index in [4.69, 9.17) is 21.4 Å². The standard InChI is InChI=1S/C25H21N3O2S2/c1-29-18-12-10-17(11-13-18)28-24(23(27-25(28)31)20-9-5-6-16-26-20)21-14-15-22(30-21)32-19-7-3-2-4-8-19/h2-16,23-24H,1H3,(H,27,31)/t23-,24+/m0/s1. The average molecular weight is 460 g/mol. The molecule has 32 heavy (non-hydrogen) atoms. The maximum absolute atomic E-state index is 6.34. The SMILES string of the molecule is COc1ccc(N2C(=S)N[C@@H](c3ccccn3)[C@H]2c2ccc(Sc3ccccc3)o2)cc1. The van der Waals surface area contributed by atoms with E-state index in [1.807, 2.05) is 72.8 Å². The molecule has 0 saturated carbocycles. The van der Waals surface area contributed by atoms with Crippen molar-refractivity contribution in [1.29, 1.82) is 0 Å². The summed E-state index contributed by atoms with van der Waals surface area (Å²) in [4.78, 5) is 7.80. The Morgan fingerprint density at radius 1 is 0.969 bits per heavy atom. The van der Waals surface area contributed by atoms with Crippen LogP contribution in [0.5, 0.6) is 5.75 Å². The lowest BCUT2D eigenvalue weighted by atomic mass is 10.0. The molecule has 7 heteroatoms. The minimum atomic E-state index is -0.184. The van der Waals surface area contributed by atoms with E-state index in [9.17, 15) is 0 Å². The highest BCUT2D eigenvalue weighted by molar-refractivity contribution is 7.99. The molecule has 1 fully saturated rings. The van der Waals surface area contributed by atoms with Gasteiger partial charge in [-0.25, -0.2) is 0 Å². The molecule has 2 aromatic heterocycles. The number of anilines is 1. The van der Waals surface area contributed by atoms with Crippen molar-refractivity contribution < 1.29 is 9.15 Å². The van der Waals surface area contributed by atoms with Crippen LogP contribution < -0.4 is 15.0 Å². The Labute approximate surface area is 196 Å². The third-order valence-corrected chi connectivity index (χ3v) is 6.55. The van der Waals surface area contributed by atoms with Crippen LogP contribution in [-0.4, -0.2) is 17.2 Å². The van der Waals surface area contributed by atoms with E-state index in [-0.39, 0.29) is 12.1 Å². The number of rotatable bonds is 6. The fraction of sp³-hybridized carbons (Fsp3) is 0.120. The molecular weight excluding hydrogens is 438 g/mol. The van der Waals surface area contributed by atoms with Gasteiger partial charge < -0.3 is 19.4 Å². The molecule has 4 aromatic rings. The average Bonchev–Trinajstić information content (AvgIpc) is 3.44. The summed E-state index contributed by atoms with van der Waals surface area (Å²) >= 11 is 7.35. The van der Waals surface area contributed by atoms with Gasteiger partial charge in [0.05, 0.1) is 18.8 Å². The van der Waals surface area contributed by atoms with Crippen LogP contribution in [0, 0.1) is 0 Å². The fourth-order valence-electron chi connectivity index (χ4n) is 3.82. The summed E-state index contributed by atoms with van der Waals surface area (Å²) in [6.07, 6.45) is 1.80. The molecule has 0 aliphatic carbocycles. The molecule has 5 nitrogen and oxygen atoms in total. The Hall–Kier alpha value is -3.29. The molecule has 2 atom stereocenters. The normalized spacial score (nSPS) is 17.9. The maximum atomic E-state index is 6.34. The Morgan fingerprint density at radius 3 is 2.47 bits per heavy atom. The molecule has 160 valence electrons. The highest BCUT2D eigenvalue weighted by Crippen LogP contribution is 2.43. The van der Waals surface area contributed by atoms with Gasteiger partial charge in [0.1, 0.15) is 17.6 Å². The van der Waals surface area contributed by atoms with Crippen LogP contribution in [0.1, 0.15) is 23.5 Å². The first-order valence-electron chi connectivity index (χ1n) is 10.2. The summed E-state index contributed by atoms with van der Waals surface area (Å²) < 4.78 is 11.7. The van der Waals surface area contributed by atoms with E-state index >= 15 is 0 Å². The number of nitrogens with zero attached hydrogens (tertiary/aromatic N) is 2. The molecule has 1 aliphatic rings. The molecule has 5 rings (SSSR count). The number of hydrogen-bond acceptors (Lipinski definition) is 5. The molecule has 1 aliphatic heterocycles. The predicted molar refractivity (Wildman–Crippen MR) is 130 cm³/mol. The number of pyridine rings is 1. The Kier molecular flexibility index (Phi) is 5.83. The lowest BCUT2D eigenvalue weighted by Gasteiger charge is -2.26. The number of nitrogens with one attached hydrogen (secondary N) is 1. The van der Waals surface area contributed by atoms with E-state index in [2.05, 4.69) is 27.3 Å². The van der Waals surface area contributed by atoms with E-state index in [0.717, 1.165) is 32.9 Å². The third-order valence-electron chi connectivity index (χ3n) is 5.30. The molecular formula is C25H21N3O2S2. The zero-order valence-corrected chi connectivity index (χ0v) is 19.0. The Balaban J connectivity index is 1.52. The number of furan rings is 1. The van der Waals surface area contributed by atoms with E-state index < -0.39 is 0 Å². The summed E-state index contributed by atoms with van der Waals surface area (Å²) in [5.74, 6) is 1.62. The summed E-state index contributed by atoms with van der Waals surface area (Å²) in [6, 6.07) is 27.7. The topological polar surface area (TPSA) is 50.5 Å². The van der Waals surface area contributed by atoms with Gasteiger partial charge in [0.2, 0.25) is 0 Å². The van der Waals surface area contributed by atoms with Gasteiger partial charge in [-0.05, 0) is 72.9 Å². The van der Waals surface area contributed by atoms with Crippen molar-refractivity contribution in [2.24, 2.45) is 0 Å². The van der Waals surface area contributed by atoms with Gasteiger partial charge in [0, 0.05) is 16.8 Å². The first-order valence-corrected chi connectivity index (χ1v) is 11.4. The molecule has 0 spiro atoms. The second-order valence-electron chi connectivity index (χ2n) is 7.27. The molecule has 2 aromatic carbocycles.